The van der Waals surface area contributed by atoms with E-state index in [0.717, 1.165) is 44.5 Å². The molecule has 3 nitrogen and oxygen atoms in total. The van der Waals surface area contributed by atoms with Gasteiger partial charge in [0.1, 0.15) is 5.52 Å². The van der Waals surface area contributed by atoms with E-state index in [1.54, 1.807) is 0 Å². The summed E-state index contributed by atoms with van der Waals surface area (Å²) in [7, 11) is 0. The van der Waals surface area contributed by atoms with Crippen molar-refractivity contribution in [1.29, 1.82) is 0 Å². The molecule has 8 aromatic rings. The van der Waals surface area contributed by atoms with Crippen LogP contribution in [0.4, 0.5) is 17.1 Å². The van der Waals surface area contributed by atoms with Gasteiger partial charge in [0.25, 0.3) is 0 Å². The number of oxazole rings is 1. The van der Waals surface area contributed by atoms with E-state index >= 15 is 0 Å². The first-order chi connectivity index (χ1) is 23.0. The lowest BCUT2D eigenvalue weighted by atomic mass is 9.82. The van der Waals surface area contributed by atoms with Crippen LogP contribution < -0.4 is 4.90 Å². The highest BCUT2D eigenvalue weighted by molar-refractivity contribution is 6.06. The molecule has 7 aromatic carbocycles. The molecule has 47 heavy (non-hydrogen) atoms. The van der Waals surface area contributed by atoms with Crippen molar-refractivity contribution in [2.24, 2.45) is 0 Å². The van der Waals surface area contributed by atoms with Crippen LogP contribution in [0, 0.1) is 0 Å². The predicted octanol–water partition coefficient (Wildman–Crippen LogP) is 12.1. The van der Waals surface area contributed by atoms with Gasteiger partial charge >= 0.3 is 0 Å². The highest BCUT2D eigenvalue weighted by Gasteiger charge is 2.35. The van der Waals surface area contributed by atoms with Gasteiger partial charge in [0.2, 0.25) is 5.89 Å². The second kappa shape index (κ2) is 10.6. The minimum absolute atomic E-state index is 0.102. The third-order valence-electron chi connectivity index (χ3n) is 9.70. The van der Waals surface area contributed by atoms with Gasteiger partial charge in [-0.3, -0.25) is 0 Å². The minimum atomic E-state index is -0.102. The first-order valence-corrected chi connectivity index (χ1v) is 16.1. The molecule has 224 valence electrons. The second-order valence-electron chi connectivity index (χ2n) is 12.9. The molecule has 1 heterocycles. The van der Waals surface area contributed by atoms with E-state index < -0.39 is 0 Å². The topological polar surface area (TPSA) is 29.3 Å². The molecule has 1 aliphatic rings. The van der Waals surface area contributed by atoms with Gasteiger partial charge in [0.05, 0.1) is 0 Å². The molecule has 0 saturated carbocycles. The largest absolute Gasteiger partial charge is 0.436 e. The number of rotatable bonds is 5. The summed E-state index contributed by atoms with van der Waals surface area (Å²) >= 11 is 0. The van der Waals surface area contributed by atoms with Crippen molar-refractivity contribution in [1.82, 2.24) is 4.98 Å². The summed E-state index contributed by atoms with van der Waals surface area (Å²) in [5.41, 5.74) is 13.5. The zero-order valence-corrected chi connectivity index (χ0v) is 26.3. The Morgan fingerprint density at radius 2 is 1.11 bits per heavy atom. The average molecular weight is 605 g/mol. The van der Waals surface area contributed by atoms with Crippen LogP contribution in [0.3, 0.4) is 0 Å². The van der Waals surface area contributed by atoms with Gasteiger partial charge in [-0.25, -0.2) is 4.98 Å². The van der Waals surface area contributed by atoms with Crippen molar-refractivity contribution in [3.63, 3.8) is 0 Å². The normalized spacial score (nSPS) is 13.1. The molecule has 0 N–H and O–H groups in total. The van der Waals surface area contributed by atoms with Crippen LogP contribution in [0.5, 0.6) is 0 Å². The smallest absolute Gasteiger partial charge is 0.227 e. The quantitative estimate of drug-likeness (QED) is 0.196. The molecule has 0 amide bonds. The second-order valence-corrected chi connectivity index (χ2v) is 12.9. The maximum absolute atomic E-state index is 6.27. The SMILES string of the molecule is CC1(C)c2ccccc2-c2ccc(N(c3ccc(-c4ccccc4)cc3)c3ccc4ccc5oc(-c6ccccc6)nc5c4c3)cc21. The molecule has 0 bridgehead atoms. The van der Waals surface area contributed by atoms with Crippen LogP contribution in [0.1, 0.15) is 25.0 Å². The molecule has 9 rings (SSSR count). The molecule has 0 radical (unpaired) electrons. The summed E-state index contributed by atoms with van der Waals surface area (Å²) < 4.78 is 6.27. The number of nitrogens with zero attached hydrogens (tertiary/aromatic N) is 2. The zero-order valence-electron chi connectivity index (χ0n) is 26.3. The minimum Gasteiger partial charge on any atom is -0.436 e. The van der Waals surface area contributed by atoms with Gasteiger partial charge in [-0.05, 0) is 93.4 Å². The number of fused-ring (bicyclic) bond motifs is 6. The van der Waals surface area contributed by atoms with Crippen LogP contribution in [0.2, 0.25) is 0 Å². The standard InChI is InChI=1S/C44H32N2O/c1-44(2)39-16-10-9-15-36(39)37-25-24-35(28-40(37)44)46(33-21-17-30(18-22-33)29-11-5-3-6-12-29)34-23-19-31-20-26-41-42(38(31)27-34)45-43(47-41)32-13-7-4-8-14-32/h3-28H,1-2H3. The summed E-state index contributed by atoms with van der Waals surface area (Å²) in [4.78, 5) is 7.37. The lowest BCUT2D eigenvalue weighted by Gasteiger charge is -2.28. The van der Waals surface area contributed by atoms with Crippen LogP contribution in [-0.2, 0) is 5.41 Å². The lowest BCUT2D eigenvalue weighted by Crippen LogP contribution is -2.16. The molecule has 0 atom stereocenters. The number of anilines is 3. The molecule has 0 spiro atoms. The van der Waals surface area contributed by atoms with Crippen molar-refractivity contribution in [3.05, 3.63) is 169 Å². The van der Waals surface area contributed by atoms with Crippen molar-refractivity contribution in [2.45, 2.75) is 19.3 Å². The molecule has 3 heteroatoms. The number of aromatic nitrogens is 1. The fourth-order valence-electron chi connectivity index (χ4n) is 7.25. The maximum Gasteiger partial charge on any atom is 0.227 e. The molecule has 0 fully saturated rings. The zero-order chi connectivity index (χ0) is 31.5. The lowest BCUT2D eigenvalue weighted by molar-refractivity contribution is 0.620. The van der Waals surface area contributed by atoms with E-state index in [0.29, 0.717) is 5.89 Å². The monoisotopic (exact) mass is 604 g/mol. The summed E-state index contributed by atoms with van der Waals surface area (Å²) in [6.07, 6.45) is 0. The molecule has 0 saturated heterocycles. The highest BCUT2D eigenvalue weighted by Crippen LogP contribution is 2.50. The number of hydrogen-bond acceptors (Lipinski definition) is 3. The van der Waals surface area contributed by atoms with E-state index in [1.807, 2.05) is 36.4 Å². The van der Waals surface area contributed by atoms with Crippen molar-refractivity contribution >= 4 is 38.9 Å². The third kappa shape index (κ3) is 4.46. The molecular weight excluding hydrogens is 572 g/mol. The molecular formula is C44H32N2O. The Morgan fingerprint density at radius 1 is 0.511 bits per heavy atom. The van der Waals surface area contributed by atoms with E-state index in [1.165, 1.54) is 33.4 Å². The fourth-order valence-corrected chi connectivity index (χ4v) is 7.25. The van der Waals surface area contributed by atoms with Crippen molar-refractivity contribution in [2.75, 3.05) is 4.90 Å². The summed E-state index contributed by atoms with van der Waals surface area (Å²) in [5, 5.41) is 2.19. The summed E-state index contributed by atoms with van der Waals surface area (Å²) in [6.45, 7) is 4.67. The summed E-state index contributed by atoms with van der Waals surface area (Å²) in [5.74, 6) is 0.632. The molecule has 1 aromatic heterocycles. The fraction of sp³-hybridized carbons (Fsp3) is 0.0682. The van der Waals surface area contributed by atoms with Gasteiger partial charge in [-0.15, -0.1) is 0 Å². The average Bonchev–Trinajstić information content (AvgIpc) is 3.67. The third-order valence-corrected chi connectivity index (χ3v) is 9.70. The van der Waals surface area contributed by atoms with Gasteiger partial charge < -0.3 is 9.32 Å². The van der Waals surface area contributed by atoms with Crippen LogP contribution in [-0.4, -0.2) is 4.98 Å². The Morgan fingerprint density at radius 3 is 1.89 bits per heavy atom. The Kier molecular flexibility index (Phi) is 6.16. The van der Waals surface area contributed by atoms with Crippen molar-refractivity contribution in [3.8, 4) is 33.7 Å². The van der Waals surface area contributed by atoms with E-state index in [2.05, 4.69) is 140 Å². The molecule has 0 unspecified atom stereocenters. The van der Waals surface area contributed by atoms with Crippen LogP contribution >= 0.6 is 0 Å². The number of hydrogen-bond donors (Lipinski definition) is 0. The first-order valence-electron chi connectivity index (χ1n) is 16.1. The molecule has 1 aliphatic carbocycles. The van der Waals surface area contributed by atoms with E-state index in [9.17, 15) is 0 Å². The van der Waals surface area contributed by atoms with Gasteiger partial charge in [0, 0.05) is 33.4 Å². The molecule has 0 aliphatic heterocycles. The predicted molar refractivity (Wildman–Crippen MR) is 195 cm³/mol. The Labute approximate surface area is 274 Å². The van der Waals surface area contributed by atoms with Crippen molar-refractivity contribution < 1.29 is 4.42 Å². The van der Waals surface area contributed by atoms with E-state index in [-0.39, 0.29) is 5.41 Å². The highest BCUT2D eigenvalue weighted by atomic mass is 16.3. The number of benzene rings is 7. The van der Waals surface area contributed by atoms with Crippen LogP contribution in [0.15, 0.2) is 162 Å². The Hall–Kier alpha value is -5.93. The Balaban J connectivity index is 1.22. The van der Waals surface area contributed by atoms with Gasteiger partial charge in [-0.1, -0.05) is 117 Å². The maximum atomic E-state index is 6.27. The van der Waals surface area contributed by atoms with Gasteiger partial charge in [-0.2, -0.15) is 0 Å². The van der Waals surface area contributed by atoms with E-state index in [4.69, 9.17) is 9.40 Å². The van der Waals surface area contributed by atoms with Gasteiger partial charge in [0.15, 0.2) is 5.58 Å². The Bertz CT molecular complexity index is 2420. The van der Waals surface area contributed by atoms with Crippen LogP contribution in [0.25, 0.3) is 55.6 Å². The summed E-state index contributed by atoms with van der Waals surface area (Å²) in [6, 6.07) is 56.1. The first kappa shape index (κ1) is 27.4.